The van der Waals surface area contributed by atoms with Crippen molar-refractivity contribution in [2.45, 2.75) is 6.04 Å². The molecule has 3 nitrogen and oxygen atoms in total. The maximum Gasteiger partial charge on any atom is 0.237 e. The van der Waals surface area contributed by atoms with Crippen LogP contribution in [0.4, 0.5) is 0 Å². The second kappa shape index (κ2) is 3.42. The molecule has 1 saturated heterocycles. The van der Waals surface area contributed by atoms with Crippen molar-refractivity contribution in [3.8, 4) is 0 Å². The molecule has 2 rings (SSSR count). The summed E-state index contributed by atoms with van der Waals surface area (Å²) >= 11 is 5.43. The lowest BCUT2D eigenvalue weighted by molar-refractivity contribution is -0.134. The number of alkyl halides is 1. The molecule has 0 unspecified atom stereocenters. The van der Waals surface area contributed by atoms with Crippen LogP contribution >= 0.6 is 11.6 Å². The molecule has 0 bridgehead atoms. The summed E-state index contributed by atoms with van der Waals surface area (Å²) in [4.78, 5) is 12.9. The van der Waals surface area contributed by atoms with Crippen molar-refractivity contribution in [3.63, 3.8) is 0 Å². The Balaban J connectivity index is 1.89. The highest BCUT2D eigenvalue weighted by Gasteiger charge is 2.30. The molecule has 70 valence electrons. The summed E-state index contributed by atoms with van der Waals surface area (Å²) in [6, 6.07) is 4.43. The van der Waals surface area contributed by atoms with Gasteiger partial charge >= 0.3 is 0 Å². The molecular weight excluding hydrogens is 188 g/mol. The molecule has 0 radical (unpaired) electrons. The topological polar surface area (TPSA) is 25.2 Å². The van der Waals surface area contributed by atoms with Gasteiger partial charge in [0.2, 0.25) is 5.91 Å². The summed E-state index contributed by atoms with van der Waals surface area (Å²) in [5.74, 6) is 0.128. The van der Waals surface area contributed by atoms with Crippen LogP contribution in [0.15, 0.2) is 24.5 Å². The number of hydrogen-bond donors (Lipinski definition) is 0. The molecule has 0 spiro atoms. The Morgan fingerprint density at radius 3 is 2.54 bits per heavy atom. The first-order valence-electron chi connectivity index (χ1n) is 4.27. The molecule has 0 saturated carbocycles. The lowest BCUT2D eigenvalue weighted by Crippen LogP contribution is -2.50. The summed E-state index contributed by atoms with van der Waals surface area (Å²) in [7, 11) is 0. The van der Waals surface area contributed by atoms with Crippen LogP contribution in [-0.4, -0.2) is 34.3 Å². The van der Waals surface area contributed by atoms with E-state index >= 15 is 0 Å². The van der Waals surface area contributed by atoms with Gasteiger partial charge in [-0.05, 0) is 12.1 Å². The Morgan fingerprint density at radius 2 is 2.00 bits per heavy atom. The number of aromatic nitrogens is 1. The van der Waals surface area contributed by atoms with Crippen molar-refractivity contribution in [2.75, 3.05) is 19.0 Å². The largest absolute Gasteiger partial charge is 0.348 e. The third-order valence-corrected chi connectivity index (χ3v) is 2.61. The van der Waals surface area contributed by atoms with E-state index in [1.165, 1.54) is 0 Å². The fraction of sp³-hybridized carbons (Fsp3) is 0.444. The SMILES string of the molecule is O=C(CCl)N1CC(n2cccc2)C1. The molecule has 1 aliphatic rings. The van der Waals surface area contributed by atoms with E-state index in [1.54, 1.807) is 4.90 Å². The first-order valence-corrected chi connectivity index (χ1v) is 4.81. The van der Waals surface area contributed by atoms with Gasteiger partial charge in [0.25, 0.3) is 0 Å². The van der Waals surface area contributed by atoms with Gasteiger partial charge < -0.3 is 9.47 Å². The van der Waals surface area contributed by atoms with Crippen LogP contribution in [0.1, 0.15) is 6.04 Å². The first kappa shape index (κ1) is 8.63. The molecular formula is C9H11ClN2O. The highest BCUT2D eigenvalue weighted by molar-refractivity contribution is 6.27. The molecule has 1 fully saturated rings. The van der Waals surface area contributed by atoms with E-state index in [1.807, 2.05) is 24.5 Å². The second-order valence-electron chi connectivity index (χ2n) is 3.22. The van der Waals surface area contributed by atoms with Crippen molar-refractivity contribution in [1.29, 1.82) is 0 Å². The molecule has 1 aromatic rings. The van der Waals surface area contributed by atoms with E-state index in [0.29, 0.717) is 6.04 Å². The number of halogens is 1. The van der Waals surface area contributed by atoms with Crippen LogP contribution < -0.4 is 0 Å². The molecule has 1 aliphatic heterocycles. The monoisotopic (exact) mass is 198 g/mol. The molecule has 0 N–H and O–H groups in total. The molecule has 2 heterocycles. The number of rotatable bonds is 2. The fourth-order valence-corrected chi connectivity index (χ4v) is 1.69. The van der Waals surface area contributed by atoms with Gasteiger partial charge in [0.15, 0.2) is 0 Å². The van der Waals surface area contributed by atoms with Crippen LogP contribution in [0.2, 0.25) is 0 Å². The zero-order chi connectivity index (χ0) is 9.26. The van der Waals surface area contributed by atoms with E-state index in [9.17, 15) is 4.79 Å². The van der Waals surface area contributed by atoms with E-state index in [4.69, 9.17) is 11.6 Å². The van der Waals surface area contributed by atoms with E-state index in [2.05, 4.69) is 4.57 Å². The van der Waals surface area contributed by atoms with Crippen molar-refractivity contribution < 1.29 is 4.79 Å². The molecule has 0 aromatic carbocycles. The summed E-state index contributed by atoms with van der Waals surface area (Å²) in [5.41, 5.74) is 0. The van der Waals surface area contributed by atoms with Crippen molar-refractivity contribution in [1.82, 2.24) is 9.47 Å². The van der Waals surface area contributed by atoms with Gasteiger partial charge in [0.05, 0.1) is 6.04 Å². The summed E-state index contributed by atoms with van der Waals surface area (Å²) < 4.78 is 2.12. The number of likely N-dealkylation sites (tertiary alicyclic amines) is 1. The second-order valence-corrected chi connectivity index (χ2v) is 3.48. The average Bonchev–Trinajstić information content (AvgIpc) is 2.54. The van der Waals surface area contributed by atoms with E-state index < -0.39 is 0 Å². The Hall–Kier alpha value is -0.960. The van der Waals surface area contributed by atoms with Crippen LogP contribution in [0.3, 0.4) is 0 Å². The highest BCUT2D eigenvalue weighted by Crippen LogP contribution is 2.21. The Bertz CT molecular complexity index is 291. The van der Waals surface area contributed by atoms with Gasteiger partial charge in [0, 0.05) is 25.5 Å². The minimum absolute atomic E-state index is 0.0325. The smallest absolute Gasteiger partial charge is 0.237 e. The third-order valence-electron chi connectivity index (χ3n) is 2.38. The van der Waals surface area contributed by atoms with Crippen molar-refractivity contribution in [3.05, 3.63) is 24.5 Å². The standard InChI is InChI=1S/C9H11ClN2O/c10-5-9(13)12-6-8(7-12)11-3-1-2-4-11/h1-4,8H,5-7H2. The highest BCUT2D eigenvalue weighted by atomic mass is 35.5. The molecule has 0 aliphatic carbocycles. The molecule has 0 atom stereocenters. The maximum atomic E-state index is 11.1. The minimum atomic E-state index is 0.0325. The predicted molar refractivity (Wildman–Crippen MR) is 50.8 cm³/mol. The van der Waals surface area contributed by atoms with Gasteiger partial charge in [-0.3, -0.25) is 4.79 Å². The zero-order valence-electron chi connectivity index (χ0n) is 7.19. The van der Waals surface area contributed by atoms with Crippen molar-refractivity contribution in [2.24, 2.45) is 0 Å². The normalized spacial score (nSPS) is 17.2. The van der Waals surface area contributed by atoms with Crippen LogP contribution in [0.5, 0.6) is 0 Å². The average molecular weight is 199 g/mol. The van der Waals surface area contributed by atoms with Gasteiger partial charge in [-0.2, -0.15) is 0 Å². The van der Waals surface area contributed by atoms with E-state index in [0.717, 1.165) is 13.1 Å². The molecule has 1 amide bonds. The summed E-state index contributed by atoms with van der Waals surface area (Å²) in [6.45, 7) is 1.58. The first-order chi connectivity index (χ1) is 6.31. The lowest BCUT2D eigenvalue weighted by atomic mass is 10.1. The zero-order valence-corrected chi connectivity index (χ0v) is 7.94. The lowest BCUT2D eigenvalue weighted by Gasteiger charge is -2.39. The Labute approximate surface area is 81.9 Å². The minimum Gasteiger partial charge on any atom is -0.348 e. The number of carbonyl (C=O) groups excluding carboxylic acids is 1. The van der Waals surface area contributed by atoms with Gasteiger partial charge in [-0.25, -0.2) is 0 Å². The number of hydrogen-bond acceptors (Lipinski definition) is 1. The van der Waals surface area contributed by atoms with Gasteiger partial charge in [0.1, 0.15) is 5.88 Å². The van der Waals surface area contributed by atoms with Gasteiger partial charge in [-0.1, -0.05) is 0 Å². The number of nitrogens with zero attached hydrogens (tertiary/aromatic N) is 2. The fourth-order valence-electron chi connectivity index (χ4n) is 1.52. The quantitative estimate of drug-likeness (QED) is 0.654. The number of carbonyl (C=O) groups is 1. The molecule has 1 aromatic heterocycles. The molecule has 4 heteroatoms. The van der Waals surface area contributed by atoms with Crippen LogP contribution in [0, 0.1) is 0 Å². The Morgan fingerprint density at radius 1 is 1.38 bits per heavy atom. The summed E-state index contributed by atoms with van der Waals surface area (Å²) in [5, 5.41) is 0. The van der Waals surface area contributed by atoms with Gasteiger partial charge in [-0.15, -0.1) is 11.6 Å². The number of amides is 1. The predicted octanol–water partition coefficient (Wildman–Crippen LogP) is 1.11. The summed E-state index contributed by atoms with van der Waals surface area (Å²) in [6.07, 6.45) is 4.04. The van der Waals surface area contributed by atoms with E-state index in [-0.39, 0.29) is 11.8 Å². The van der Waals surface area contributed by atoms with Crippen LogP contribution in [0.25, 0.3) is 0 Å². The third kappa shape index (κ3) is 1.56. The van der Waals surface area contributed by atoms with Crippen LogP contribution in [-0.2, 0) is 4.79 Å². The Kier molecular flexibility index (Phi) is 2.27. The van der Waals surface area contributed by atoms with Crippen molar-refractivity contribution >= 4 is 17.5 Å². The maximum absolute atomic E-state index is 11.1. The molecule has 13 heavy (non-hydrogen) atoms.